The average molecular weight is 867 g/mol. The van der Waals surface area contributed by atoms with Crippen LogP contribution in [-0.4, -0.2) is 82.5 Å². The minimum absolute atomic E-state index is 0.124. The number of ether oxygens (including phenoxy) is 1. The van der Waals surface area contributed by atoms with Gasteiger partial charge < -0.3 is 29.4 Å². The molecule has 0 aliphatic heterocycles. The predicted octanol–water partition coefficient (Wildman–Crippen LogP) is 12.3. The molecule has 6 aromatic rings. The van der Waals surface area contributed by atoms with Crippen LogP contribution in [0.3, 0.4) is 0 Å². The second-order valence-electron chi connectivity index (χ2n) is 18.4. The van der Waals surface area contributed by atoms with Gasteiger partial charge in [0.15, 0.2) is 0 Å². The molecular weight excluding hydrogens is 801 g/mol. The van der Waals surface area contributed by atoms with Crippen molar-refractivity contribution in [3.63, 3.8) is 0 Å². The summed E-state index contributed by atoms with van der Waals surface area (Å²) in [4.78, 5) is 58.0. The summed E-state index contributed by atoms with van der Waals surface area (Å²) in [6.45, 7) is 7.25. The van der Waals surface area contributed by atoms with E-state index in [1.807, 2.05) is 105 Å². The third-order valence-corrected chi connectivity index (χ3v) is 12.3. The SMILES string of the molecule is CN(Cc1c2ccccc2c(CN(C)C(=O)CCCCCCCCCCC(=O)N(C)Cc2c3ccccc3c(CN(C)C(=O)OC(C)(C)C)c3ccccc23)c2ccccc12)C(=O)O. The van der Waals surface area contributed by atoms with Crippen LogP contribution in [0, 0.1) is 0 Å². The highest BCUT2D eigenvalue weighted by atomic mass is 16.6. The fourth-order valence-corrected chi connectivity index (χ4v) is 8.89. The zero-order valence-corrected chi connectivity index (χ0v) is 38.9. The molecule has 0 spiro atoms. The zero-order valence-electron chi connectivity index (χ0n) is 38.9. The summed E-state index contributed by atoms with van der Waals surface area (Å²) in [5, 5.41) is 18.0. The van der Waals surface area contributed by atoms with Crippen molar-refractivity contribution in [2.75, 3.05) is 28.2 Å². The van der Waals surface area contributed by atoms with Crippen molar-refractivity contribution in [3.8, 4) is 0 Å². The lowest BCUT2D eigenvalue weighted by Gasteiger charge is -2.26. The van der Waals surface area contributed by atoms with Crippen LogP contribution in [0.4, 0.5) is 9.59 Å². The Balaban J connectivity index is 0.936. The normalized spacial score (nSPS) is 11.6. The Bertz CT molecular complexity index is 2500. The van der Waals surface area contributed by atoms with Crippen LogP contribution in [0.1, 0.15) is 107 Å². The Morgan fingerprint density at radius 2 is 0.672 bits per heavy atom. The third kappa shape index (κ3) is 11.7. The number of carbonyl (C=O) groups excluding carboxylic acids is 3. The summed E-state index contributed by atoms with van der Waals surface area (Å²) in [6.07, 6.45) is 7.79. The molecule has 0 atom stereocenters. The Hall–Kier alpha value is -6.16. The molecule has 6 rings (SSSR count). The minimum Gasteiger partial charge on any atom is -0.465 e. The molecule has 0 fully saturated rings. The van der Waals surface area contributed by atoms with E-state index in [0.29, 0.717) is 32.5 Å². The number of hydrogen-bond acceptors (Lipinski definition) is 5. The molecule has 0 heterocycles. The summed E-state index contributed by atoms with van der Waals surface area (Å²) in [7, 11) is 7.12. The van der Waals surface area contributed by atoms with Crippen molar-refractivity contribution in [2.45, 2.75) is 117 Å². The number of carboxylic acid groups (broad SMARTS) is 1. The minimum atomic E-state index is -0.973. The van der Waals surface area contributed by atoms with Crippen LogP contribution in [0.2, 0.25) is 0 Å². The van der Waals surface area contributed by atoms with E-state index in [1.165, 1.54) is 4.90 Å². The van der Waals surface area contributed by atoms with Crippen molar-refractivity contribution in [1.82, 2.24) is 19.6 Å². The van der Waals surface area contributed by atoms with Gasteiger partial charge in [0.1, 0.15) is 5.60 Å². The van der Waals surface area contributed by atoms with Crippen LogP contribution in [-0.2, 0) is 40.5 Å². The van der Waals surface area contributed by atoms with Gasteiger partial charge >= 0.3 is 12.2 Å². The number of nitrogens with zero attached hydrogens (tertiary/aromatic N) is 4. The second-order valence-corrected chi connectivity index (χ2v) is 18.4. The van der Waals surface area contributed by atoms with E-state index in [9.17, 15) is 24.3 Å². The fraction of sp³-hybridized carbons (Fsp3) is 0.407. The first-order chi connectivity index (χ1) is 30.6. The number of amides is 4. The number of carbonyl (C=O) groups is 4. The highest BCUT2D eigenvalue weighted by molar-refractivity contribution is 6.07. The van der Waals surface area contributed by atoms with Crippen LogP contribution < -0.4 is 0 Å². The van der Waals surface area contributed by atoms with Gasteiger partial charge in [0, 0.05) is 67.2 Å². The van der Waals surface area contributed by atoms with E-state index in [1.54, 1.807) is 19.0 Å². The third-order valence-electron chi connectivity index (χ3n) is 12.3. The molecule has 10 heteroatoms. The first-order valence-electron chi connectivity index (χ1n) is 22.8. The molecule has 64 heavy (non-hydrogen) atoms. The quantitative estimate of drug-likeness (QED) is 0.0641. The Labute approximate surface area is 378 Å². The van der Waals surface area contributed by atoms with Crippen molar-refractivity contribution in [2.24, 2.45) is 0 Å². The van der Waals surface area contributed by atoms with Gasteiger partial charge in [0.2, 0.25) is 11.8 Å². The number of benzene rings is 6. The predicted molar refractivity (Wildman–Crippen MR) is 259 cm³/mol. The van der Waals surface area contributed by atoms with Crippen LogP contribution >= 0.6 is 0 Å². The van der Waals surface area contributed by atoms with Crippen molar-refractivity contribution >= 4 is 67.1 Å². The van der Waals surface area contributed by atoms with E-state index < -0.39 is 11.7 Å². The molecule has 0 saturated carbocycles. The lowest BCUT2D eigenvalue weighted by atomic mass is 9.91. The van der Waals surface area contributed by atoms with Gasteiger partial charge in [-0.25, -0.2) is 9.59 Å². The summed E-state index contributed by atoms with van der Waals surface area (Å²) in [5.41, 5.74) is 3.62. The maximum absolute atomic E-state index is 13.4. The van der Waals surface area contributed by atoms with Crippen molar-refractivity contribution < 1.29 is 29.0 Å². The van der Waals surface area contributed by atoms with Gasteiger partial charge in [-0.1, -0.05) is 136 Å². The molecule has 0 bridgehead atoms. The van der Waals surface area contributed by atoms with Crippen molar-refractivity contribution in [1.29, 1.82) is 0 Å². The van der Waals surface area contributed by atoms with Gasteiger partial charge in [-0.2, -0.15) is 0 Å². The molecule has 0 radical (unpaired) electrons. The summed E-state index contributed by atoms with van der Waals surface area (Å²) >= 11 is 0. The van der Waals surface area contributed by atoms with E-state index in [4.69, 9.17) is 4.74 Å². The zero-order chi connectivity index (χ0) is 46.0. The standard InChI is InChI=1S/C54H66N4O6/c1-54(2,3)64-53(63)58(7)37-49-44-30-22-18-26-40(44)47(41-27-19-23-31-45(41)49)35-56(5)51(60)33-15-13-11-9-8-10-12-14-32-50(59)55(4)34-46-38-24-16-20-28-42(38)48(36-57(6)52(61)62)43-29-21-17-25-39(43)46/h16-31H,8-15,32-37H2,1-7H3,(H,61,62). The first-order valence-corrected chi connectivity index (χ1v) is 22.8. The summed E-state index contributed by atoms with van der Waals surface area (Å²) < 4.78 is 5.65. The maximum atomic E-state index is 13.4. The molecule has 1 N–H and O–H groups in total. The average Bonchev–Trinajstić information content (AvgIpc) is 3.27. The smallest absolute Gasteiger partial charge is 0.410 e. The Kier molecular flexibility index (Phi) is 15.9. The topological polar surface area (TPSA) is 111 Å². The van der Waals surface area contributed by atoms with Gasteiger partial charge in [-0.15, -0.1) is 0 Å². The van der Waals surface area contributed by atoms with Crippen LogP contribution in [0.15, 0.2) is 97.1 Å². The monoisotopic (exact) mass is 866 g/mol. The van der Waals surface area contributed by atoms with Crippen LogP contribution in [0.5, 0.6) is 0 Å². The van der Waals surface area contributed by atoms with E-state index >= 15 is 0 Å². The van der Waals surface area contributed by atoms with Crippen molar-refractivity contribution in [3.05, 3.63) is 119 Å². The lowest BCUT2D eigenvalue weighted by Crippen LogP contribution is -2.34. The second kappa shape index (κ2) is 21.5. The Morgan fingerprint density at radius 3 is 0.938 bits per heavy atom. The van der Waals surface area contributed by atoms with Gasteiger partial charge in [-0.05, 0) is 99.0 Å². The molecule has 4 amide bonds. The number of hydrogen-bond donors (Lipinski definition) is 1. The fourth-order valence-electron chi connectivity index (χ4n) is 8.89. The molecule has 0 unspecified atom stereocenters. The van der Waals surface area contributed by atoms with E-state index in [-0.39, 0.29) is 24.5 Å². The number of fused-ring (bicyclic) bond motifs is 4. The summed E-state index contributed by atoms with van der Waals surface area (Å²) in [6, 6.07) is 32.7. The highest BCUT2D eigenvalue weighted by Gasteiger charge is 2.23. The summed E-state index contributed by atoms with van der Waals surface area (Å²) in [5.74, 6) is 0.262. The molecule has 6 aromatic carbocycles. The lowest BCUT2D eigenvalue weighted by molar-refractivity contribution is -0.131. The first kappa shape index (κ1) is 47.3. The highest BCUT2D eigenvalue weighted by Crippen LogP contribution is 2.36. The molecule has 10 nitrogen and oxygen atoms in total. The molecular formula is C54H66N4O6. The molecule has 0 aliphatic rings. The van der Waals surface area contributed by atoms with Gasteiger partial charge in [0.25, 0.3) is 0 Å². The van der Waals surface area contributed by atoms with E-state index in [2.05, 4.69) is 36.4 Å². The maximum Gasteiger partial charge on any atom is 0.410 e. The van der Waals surface area contributed by atoms with E-state index in [0.717, 1.165) is 117 Å². The molecule has 0 aliphatic carbocycles. The Morgan fingerprint density at radius 1 is 0.422 bits per heavy atom. The number of unbranched alkanes of at least 4 members (excludes halogenated alkanes) is 7. The molecule has 0 aromatic heterocycles. The van der Waals surface area contributed by atoms with Gasteiger partial charge in [-0.3, -0.25) is 9.59 Å². The molecule has 338 valence electrons. The molecule has 0 saturated heterocycles. The van der Waals surface area contributed by atoms with Crippen LogP contribution in [0.25, 0.3) is 43.1 Å². The van der Waals surface area contributed by atoms with Gasteiger partial charge in [0.05, 0.1) is 0 Å². The largest absolute Gasteiger partial charge is 0.465 e. The number of rotatable bonds is 19.